The summed E-state index contributed by atoms with van der Waals surface area (Å²) in [5, 5.41) is 0. The number of carbonyl (C=O) groups is 1. The van der Waals surface area contributed by atoms with Gasteiger partial charge in [-0.25, -0.2) is 4.39 Å². The van der Waals surface area contributed by atoms with Crippen LogP contribution in [0.3, 0.4) is 0 Å². The van der Waals surface area contributed by atoms with Crippen LogP contribution in [0.25, 0.3) is 6.08 Å². The molecular formula is C27H26FNO3. The molecule has 0 aromatic heterocycles. The van der Waals surface area contributed by atoms with Crippen LogP contribution in [0.5, 0.6) is 11.5 Å². The first kappa shape index (κ1) is 21.6. The fourth-order valence-corrected chi connectivity index (χ4v) is 3.82. The van der Waals surface area contributed by atoms with Crippen LogP contribution < -0.4 is 14.4 Å². The third-order valence-electron chi connectivity index (χ3n) is 5.70. The summed E-state index contributed by atoms with van der Waals surface area (Å²) in [6, 6.07) is 18.0. The van der Waals surface area contributed by atoms with E-state index in [4.69, 9.17) is 9.47 Å². The Balaban J connectivity index is 1.53. The summed E-state index contributed by atoms with van der Waals surface area (Å²) < 4.78 is 25.6. The number of hydrogen-bond donors (Lipinski definition) is 0. The zero-order chi connectivity index (χ0) is 22.7. The van der Waals surface area contributed by atoms with E-state index in [9.17, 15) is 9.18 Å². The number of hydrogen-bond acceptors (Lipinski definition) is 4. The van der Waals surface area contributed by atoms with Crippen LogP contribution in [0.4, 0.5) is 10.1 Å². The molecule has 0 saturated carbocycles. The van der Waals surface area contributed by atoms with Gasteiger partial charge in [0.15, 0.2) is 5.76 Å². The van der Waals surface area contributed by atoms with E-state index in [1.54, 1.807) is 36.4 Å². The molecule has 164 valence electrons. The van der Waals surface area contributed by atoms with Gasteiger partial charge in [0.05, 0.1) is 5.56 Å². The maximum atomic E-state index is 13.9. The summed E-state index contributed by atoms with van der Waals surface area (Å²) in [6.45, 7) is 8.06. The zero-order valence-electron chi connectivity index (χ0n) is 18.5. The highest BCUT2D eigenvalue weighted by atomic mass is 19.1. The van der Waals surface area contributed by atoms with E-state index in [1.807, 2.05) is 31.2 Å². The third-order valence-corrected chi connectivity index (χ3v) is 5.70. The second kappa shape index (κ2) is 9.27. The number of anilines is 1. The van der Waals surface area contributed by atoms with Crippen LogP contribution in [-0.4, -0.2) is 18.9 Å². The summed E-state index contributed by atoms with van der Waals surface area (Å²) in [7, 11) is 0. The van der Waals surface area contributed by atoms with Gasteiger partial charge in [-0.15, -0.1) is 0 Å². The van der Waals surface area contributed by atoms with Gasteiger partial charge in [0, 0.05) is 29.9 Å². The van der Waals surface area contributed by atoms with Gasteiger partial charge in [-0.2, -0.15) is 0 Å². The Bertz CT molecular complexity index is 1160. The minimum Gasteiger partial charge on any atom is -0.488 e. The van der Waals surface area contributed by atoms with E-state index < -0.39 is 0 Å². The molecule has 0 saturated heterocycles. The number of ketones is 1. The fraction of sp³-hybridized carbons (Fsp3) is 0.222. The number of carbonyl (C=O) groups excluding carboxylic acids is 1. The molecule has 0 N–H and O–H groups in total. The molecule has 0 amide bonds. The van der Waals surface area contributed by atoms with Gasteiger partial charge >= 0.3 is 0 Å². The monoisotopic (exact) mass is 431 g/mol. The van der Waals surface area contributed by atoms with Crippen molar-refractivity contribution in [2.24, 2.45) is 0 Å². The van der Waals surface area contributed by atoms with Crippen LogP contribution in [0.2, 0.25) is 0 Å². The maximum absolute atomic E-state index is 13.9. The van der Waals surface area contributed by atoms with Gasteiger partial charge in [-0.05, 0) is 62.7 Å². The van der Waals surface area contributed by atoms with Gasteiger partial charge in [0.1, 0.15) is 23.9 Å². The van der Waals surface area contributed by atoms with Crippen LogP contribution in [-0.2, 0) is 6.61 Å². The van der Waals surface area contributed by atoms with Crippen LogP contribution in [0.15, 0.2) is 66.4 Å². The van der Waals surface area contributed by atoms with Crippen LogP contribution >= 0.6 is 0 Å². The van der Waals surface area contributed by atoms with Crippen molar-refractivity contribution in [3.8, 4) is 11.5 Å². The number of ether oxygens (including phenoxy) is 2. The van der Waals surface area contributed by atoms with Crippen molar-refractivity contribution in [2.75, 3.05) is 18.0 Å². The first-order chi connectivity index (χ1) is 15.5. The smallest absolute Gasteiger partial charge is 0.231 e. The van der Waals surface area contributed by atoms with Crippen molar-refractivity contribution in [3.05, 3.63) is 94.5 Å². The number of halogens is 1. The molecule has 32 heavy (non-hydrogen) atoms. The van der Waals surface area contributed by atoms with Crippen molar-refractivity contribution in [3.63, 3.8) is 0 Å². The van der Waals surface area contributed by atoms with Gasteiger partial charge in [-0.1, -0.05) is 30.3 Å². The molecule has 0 unspecified atom stereocenters. The highest BCUT2D eigenvalue weighted by Gasteiger charge is 2.30. The Kier molecular flexibility index (Phi) is 6.26. The maximum Gasteiger partial charge on any atom is 0.231 e. The van der Waals surface area contributed by atoms with Crippen molar-refractivity contribution < 1.29 is 18.7 Å². The Morgan fingerprint density at radius 3 is 2.41 bits per heavy atom. The first-order valence-electron chi connectivity index (χ1n) is 10.8. The molecule has 0 fully saturated rings. The zero-order valence-corrected chi connectivity index (χ0v) is 18.5. The van der Waals surface area contributed by atoms with E-state index in [2.05, 4.69) is 18.7 Å². The molecule has 0 aliphatic carbocycles. The molecule has 0 bridgehead atoms. The molecule has 5 heteroatoms. The summed E-state index contributed by atoms with van der Waals surface area (Å²) in [4.78, 5) is 15.1. The molecule has 0 radical (unpaired) electrons. The first-order valence-corrected chi connectivity index (χ1v) is 10.8. The Hall–Kier alpha value is -3.60. The van der Waals surface area contributed by atoms with Crippen molar-refractivity contribution in [2.45, 2.75) is 27.4 Å². The quantitative estimate of drug-likeness (QED) is 0.419. The number of Topliss-reactive ketones (excluding diaryl/α,β-unsaturated/α-hetero) is 1. The van der Waals surface area contributed by atoms with Gasteiger partial charge in [-0.3, -0.25) is 4.79 Å². The molecule has 0 spiro atoms. The SMILES string of the molecule is CCN(CC)c1ccc(/C=C2\Oc3c(ccc(OCc4ccccc4F)c3C)C2=O)cc1. The van der Waals surface area contributed by atoms with Crippen LogP contribution in [0, 0.1) is 12.7 Å². The lowest BCUT2D eigenvalue weighted by atomic mass is 10.1. The molecule has 3 aromatic carbocycles. The second-order valence-corrected chi connectivity index (χ2v) is 7.65. The summed E-state index contributed by atoms with van der Waals surface area (Å²) in [5.41, 5.74) is 3.73. The van der Waals surface area contributed by atoms with E-state index in [0.29, 0.717) is 28.2 Å². The summed E-state index contributed by atoms with van der Waals surface area (Å²) in [5.74, 6) is 0.869. The Morgan fingerprint density at radius 2 is 1.72 bits per heavy atom. The standard InChI is InChI=1S/C27H26FNO3/c1-4-29(5-2)21-12-10-19(11-13-21)16-25-26(30)22-14-15-24(18(3)27(22)32-25)31-17-20-8-6-7-9-23(20)28/h6-16H,4-5,17H2,1-3H3/b25-16-. The van der Waals surface area contributed by atoms with Crippen molar-refractivity contribution >= 4 is 17.5 Å². The molecule has 3 aromatic rings. The highest BCUT2D eigenvalue weighted by molar-refractivity contribution is 6.15. The van der Waals surface area contributed by atoms with Crippen molar-refractivity contribution in [1.29, 1.82) is 0 Å². The Morgan fingerprint density at radius 1 is 1.00 bits per heavy atom. The molecule has 1 heterocycles. The topological polar surface area (TPSA) is 38.8 Å². The van der Waals surface area contributed by atoms with Crippen LogP contribution in [0.1, 0.15) is 40.9 Å². The minimum atomic E-state index is -0.310. The average molecular weight is 432 g/mol. The summed E-state index contributed by atoms with van der Waals surface area (Å²) in [6.07, 6.45) is 1.76. The van der Waals surface area contributed by atoms with E-state index in [-0.39, 0.29) is 24.0 Å². The third kappa shape index (κ3) is 4.24. The van der Waals surface area contributed by atoms with Crippen molar-refractivity contribution in [1.82, 2.24) is 0 Å². The fourth-order valence-electron chi connectivity index (χ4n) is 3.82. The van der Waals surface area contributed by atoms with Gasteiger partial charge < -0.3 is 14.4 Å². The molecule has 1 aliphatic rings. The molecule has 4 nitrogen and oxygen atoms in total. The van der Waals surface area contributed by atoms with E-state index in [0.717, 1.165) is 24.3 Å². The van der Waals surface area contributed by atoms with E-state index in [1.165, 1.54) is 6.07 Å². The predicted molar refractivity (Wildman–Crippen MR) is 125 cm³/mol. The average Bonchev–Trinajstić information content (AvgIpc) is 3.12. The lowest BCUT2D eigenvalue weighted by molar-refractivity contribution is 0.101. The molecular weight excluding hydrogens is 405 g/mol. The summed E-state index contributed by atoms with van der Waals surface area (Å²) >= 11 is 0. The number of rotatable bonds is 7. The number of allylic oxidation sites excluding steroid dienone is 1. The molecule has 0 atom stereocenters. The number of nitrogens with zero attached hydrogens (tertiary/aromatic N) is 1. The van der Waals surface area contributed by atoms with Gasteiger partial charge in [0.2, 0.25) is 5.78 Å². The predicted octanol–water partition coefficient (Wildman–Crippen LogP) is 6.18. The second-order valence-electron chi connectivity index (χ2n) is 7.65. The Labute approximate surface area is 187 Å². The largest absolute Gasteiger partial charge is 0.488 e. The lowest BCUT2D eigenvalue weighted by Gasteiger charge is -2.20. The van der Waals surface area contributed by atoms with E-state index >= 15 is 0 Å². The minimum absolute atomic E-state index is 0.0990. The highest BCUT2D eigenvalue weighted by Crippen LogP contribution is 2.39. The molecule has 1 aliphatic heterocycles. The van der Waals surface area contributed by atoms with Gasteiger partial charge in [0.25, 0.3) is 0 Å². The number of fused-ring (bicyclic) bond motifs is 1. The lowest BCUT2D eigenvalue weighted by Crippen LogP contribution is -2.21. The molecule has 4 rings (SSSR count). The number of benzene rings is 3. The normalized spacial score (nSPS) is 13.8.